The fourth-order valence-corrected chi connectivity index (χ4v) is 3.48. The van der Waals surface area contributed by atoms with Gasteiger partial charge in [-0.3, -0.25) is 9.78 Å². The molecule has 0 aliphatic rings. The zero-order chi connectivity index (χ0) is 18.7. The smallest absolute Gasteiger partial charge is 0.251 e. The van der Waals surface area contributed by atoms with Gasteiger partial charge >= 0.3 is 0 Å². The first-order chi connectivity index (χ1) is 12.6. The number of nitrogens with two attached hydrogens (primary N) is 1. The summed E-state index contributed by atoms with van der Waals surface area (Å²) in [5.41, 5.74) is 10.9. The van der Waals surface area contributed by atoms with Crippen LogP contribution in [0.3, 0.4) is 0 Å². The van der Waals surface area contributed by atoms with Crippen molar-refractivity contribution in [1.82, 2.24) is 9.55 Å². The quantitative estimate of drug-likeness (QED) is 0.739. The summed E-state index contributed by atoms with van der Waals surface area (Å²) in [5.74, 6) is 0.289. The summed E-state index contributed by atoms with van der Waals surface area (Å²) in [4.78, 5) is 16.7. The number of methoxy groups -OCH3 is 1. The highest BCUT2D eigenvalue weighted by Crippen LogP contribution is 2.38. The Morgan fingerprint density at radius 1 is 1.19 bits per heavy atom. The molecule has 3 aromatic rings. The lowest BCUT2D eigenvalue weighted by Gasteiger charge is -2.13. The van der Waals surface area contributed by atoms with Crippen LogP contribution in [0.4, 0.5) is 0 Å². The predicted molar refractivity (Wildman–Crippen MR) is 102 cm³/mol. The molecule has 0 saturated carbocycles. The largest absolute Gasteiger partial charge is 0.496 e. The fraction of sp³-hybridized carbons (Fsp3) is 0.238. The molecule has 3 rings (SSSR count). The van der Waals surface area contributed by atoms with E-state index in [1.807, 2.05) is 49.4 Å². The molecule has 2 aromatic heterocycles. The lowest BCUT2D eigenvalue weighted by Crippen LogP contribution is -2.14. The van der Waals surface area contributed by atoms with Crippen LogP contribution >= 0.6 is 0 Å². The molecular weight excluding hydrogens is 326 g/mol. The van der Waals surface area contributed by atoms with E-state index in [-0.39, 0.29) is 0 Å². The third-order valence-corrected chi connectivity index (χ3v) is 4.63. The van der Waals surface area contributed by atoms with E-state index in [1.165, 1.54) is 0 Å². The number of ether oxygens (including phenoxy) is 1. The second-order valence-electron chi connectivity index (χ2n) is 6.11. The molecule has 2 heterocycles. The summed E-state index contributed by atoms with van der Waals surface area (Å²) in [6, 6.07) is 13.5. The van der Waals surface area contributed by atoms with Crippen LogP contribution < -0.4 is 10.5 Å². The highest BCUT2D eigenvalue weighted by Gasteiger charge is 2.25. The van der Waals surface area contributed by atoms with Gasteiger partial charge in [0.05, 0.1) is 24.9 Å². The van der Waals surface area contributed by atoms with Crippen molar-refractivity contribution in [2.45, 2.75) is 26.8 Å². The van der Waals surface area contributed by atoms with Gasteiger partial charge in [-0.2, -0.15) is 0 Å². The maximum atomic E-state index is 12.3. The van der Waals surface area contributed by atoms with Crippen LogP contribution in [0.5, 0.6) is 5.75 Å². The van der Waals surface area contributed by atoms with E-state index in [2.05, 4.69) is 16.5 Å². The average Bonchev–Trinajstić information content (AvgIpc) is 2.94. The Balaban J connectivity index is 2.26. The molecule has 5 nitrogen and oxygen atoms in total. The molecular formula is C21H23N3O2. The van der Waals surface area contributed by atoms with Crippen molar-refractivity contribution in [1.29, 1.82) is 0 Å². The standard InChI is InChI=1S/C21H23N3O2/c1-4-17-20(16-10-5-6-11-18(16)26-3)19(21(22)25)14(2)24(17)13-15-9-7-8-12-23-15/h5-12H,4,13H2,1-3H3,(H2,22,25). The normalized spacial score (nSPS) is 10.7. The van der Waals surface area contributed by atoms with E-state index in [1.54, 1.807) is 13.3 Å². The molecule has 1 amide bonds. The molecule has 2 N–H and O–H groups in total. The summed E-state index contributed by atoms with van der Waals surface area (Å²) in [5, 5.41) is 0. The van der Waals surface area contributed by atoms with Gasteiger partial charge < -0.3 is 15.0 Å². The van der Waals surface area contributed by atoms with Crippen LogP contribution in [-0.4, -0.2) is 22.6 Å². The Bertz CT molecular complexity index is 930. The van der Waals surface area contributed by atoms with Crippen molar-refractivity contribution in [2.24, 2.45) is 5.73 Å². The lowest BCUT2D eigenvalue weighted by molar-refractivity contribution is 0.1000. The maximum absolute atomic E-state index is 12.3. The number of carbonyl (C=O) groups is 1. The summed E-state index contributed by atoms with van der Waals surface area (Å²) >= 11 is 0. The molecule has 0 aliphatic heterocycles. The molecule has 0 fully saturated rings. The summed E-state index contributed by atoms with van der Waals surface area (Å²) in [7, 11) is 1.63. The zero-order valence-electron chi connectivity index (χ0n) is 15.3. The van der Waals surface area contributed by atoms with Gasteiger partial charge in [0.25, 0.3) is 5.91 Å². The minimum atomic E-state index is -0.433. The van der Waals surface area contributed by atoms with Gasteiger partial charge in [-0.15, -0.1) is 0 Å². The topological polar surface area (TPSA) is 70.1 Å². The van der Waals surface area contributed by atoms with Crippen LogP contribution in [0.1, 0.15) is 34.4 Å². The predicted octanol–water partition coefficient (Wildman–Crippen LogP) is 3.58. The number of primary amides is 1. The molecule has 0 unspecified atom stereocenters. The number of hydrogen-bond donors (Lipinski definition) is 1. The lowest BCUT2D eigenvalue weighted by atomic mass is 9.98. The number of hydrogen-bond acceptors (Lipinski definition) is 3. The number of benzene rings is 1. The SMILES string of the molecule is CCc1c(-c2ccccc2OC)c(C(N)=O)c(C)n1Cc1ccccn1. The van der Waals surface area contributed by atoms with Crippen molar-refractivity contribution in [2.75, 3.05) is 7.11 Å². The van der Waals surface area contributed by atoms with Crippen molar-refractivity contribution in [3.63, 3.8) is 0 Å². The Labute approximate surface area is 153 Å². The van der Waals surface area contributed by atoms with Crippen LogP contribution in [0, 0.1) is 6.92 Å². The number of rotatable bonds is 6. The first kappa shape index (κ1) is 17.7. The zero-order valence-corrected chi connectivity index (χ0v) is 15.3. The Hall–Kier alpha value is -3.08. The number of nitrogens with zero attached hydrogens (tertiary/aromatic N) is 2. The van der Waals surface area contributed by atoms with E-state index in [9.17, 15) is 4.79 Å². The van der Waals surface area contributed by atoms with Crippen LogP contribution in [0.15, 0.2) is 48.7 Å². The van der Waals surface area contributed by atoms with E-state index < -0.39 is 5.91 Å². The van der Waals surface area contributed by atoms with E-state index in [0.29, 0.717) is 12.1 Å². The van der Waals surface area contributed by atoms with Gasteiger partial charge in [0.15, 0.2) is 0 Å². The average molecular weight is 349 g/mol. The minimum Gasteiger partial charge on any atom is -0.496 e. The summed E-state index contributed by atoms with van der Waals surface area (Å²) in [6.45, 7) is 4.60. The highest BCUT2D eigenvalue weighted by atomic mass is 16.5. The maximum Gasteiger partial charge on any atom is 0.251 e. The van der Waals surface area contributed by atoms with Gasteiger partial charge in [-0.25, -0.2) is 0 Å². The van der Waals surface area contributed by atoms with Crippen LogP contribution in [0.25, 0.3) is 11.1 Å². The molecule has 134 valence electrons. The molecule has 0 saturated heterocycles. The third-order valence-electron chi connectivity index (χ3n) is 4.63. The van der Waals surface area contributed by atoms with Crippen molar-refractivity contribution in [3.8, 4) is 16.9 Å². The number of carbonyl (C=O) groups excluding carboxylic acids is 1. The summed E-state index contributed by atoms with van der Waals surface area (Å²) < 4.78 is 7.66. The Kier molecular flexibility index (Phi) is 5.07. The van der Waals surface area contributed by atoms with Crippen molar-refractivity contribution in [3.05, 3.63) is 71.3 Å². The van der Waals surface area contributed by atoms with Gasteiger partial charge in [0.1, 0.15) is 5.75 Å². The molecule has 0 bridgehead atoms. The number of amides is 1. The van der Waals surface area contributed by atoms with Crippen molar-refractivity contribution >= 4 is 5.91 Å². The number of pyridine rings is 1. The Morgan fingerprint density at radius 3 is 2.54 bits per heavy atom. The molecule has 0 spiro atoms. The number of para-hydroxylation sites is 1. The van der Waals surface area contributed by atoms with Crippen molar-refractivity contribution < 1.29 is 9.53 Å². The van der Waals surface area contributed by atoms with Gasteiger partial charge in [-0.05, 0) is 31.5 Å². The molecule has 0 aliphatic carbocycles. The molecule has 26 heavy (non-hydrogen) atoms. The first-order valence-corrected chi connectivity index (χ1v) is 8.63. The van der Waals surface area contributed by atoms with Crippen LogP contribution in [-0.2, 0) is 13.0 Å². The second kappa shape index (κ2) is 7.44. The molecule has 0 radical (unpaired) electrons. The second-order valence-corrected chi connectivity index (χ2v) is 6.11. The van der Waals surface area contributed by atoms with E-state index >= 15 is 0 Å². The minimum absolute atomic E-state index is 0.433. The molecule has 1 aromatic carbocycles. The Morgan fingerprint density at radius 2 is 1.92 bits per heavy atom. The van der Waals surface area contributed by atoms with Gasteiger partial charge in [-0.1, -0.05) is 31.2 Å². The number of aromatic nitrogens is 2. The fourth-order valence-electron chi connectivity index (χ4n) is 3.48. The third kappa shape index (κ3) is 3.08. The van der Waals surface area contributed by atoms with E-state index in [0.717, 1.165) is 40.4 Å². The first-order valence-electron chi connectivity index (χ1n) is 8.63. The van der Waals surface area contributed by atoms with E-state index in [4.69, 9.17) is 10.5 Å². The molecule has 0 atom stereocenters. The van der Waals surface area contributed by atoms with Gasteiger partial charge in [0.2, 0.25) is 0 Å². The summed E-state index contributed by atoms with van der Waals surface area (Å²) in [6.07, 6.45) is 2.53. The molecule has 5 heteroatoms. The van der Waals surface area contributed by atoms with Gasteiger partial charge in [0, 0.05) is 28.7 Å². The monoisotopic (exact) mass is 349 g/mol. The van der Waals surface area contributed by atoms with Crippen LogP contribution in [0.2, 0.25) is 0 Å². The highest BCUT2D eigenvalue weighted by molar-refractivity contribution is 6.03.